The van der Waals surface area contributed by atoms with Gasteiger partial charge < -0.3 is 14.3 Å². The van der Waals surface area contributed by atoms with Crippen molar-refractivity contribution in [3.05, 3.63) is 17.5 Å². The highest BCUT2D eigenvalue weighted by molar-refractivity contribution is 5.83. The van der Waals surface area contributed by atoms with E-state index in [0.29, 0.717) is 32.7 Å². The third-order valence-electron chi connectivity index (χ3n) is 5.12. The van der Waals surface area contributed by atoms with E-state index in [1.165, 1.54) is 0 Å². The van der Waals surface area contributed by atoms with E-state index < -0.39 is 12.1 Å². The van der Waals surface area contributed by atoms with Gasteiger partial charge in [-0.2, -0.15) is 13.2 Å². The number of alkyl halides is 3. The molecular weight excluding hydrogens is 365 g/mol. The van der Waals surface area contributed by atoms with Crippen molar-refractivity contribution in [2.45, 2.75) is 32.5 Å². The van der Waals surface area contributed by atoms with Crippen molar-refractivity contribution in [3.8, 4) is 0 Å². The smallest absolute Gasteiger partial charge is 0.361 e. The number of amides is 2. The first-order valence-corrected chi connectivity index (χ1v) is 9.03. The quantitative estimate of drug-likeness (QED) is 0.784. The number of nitrogens with zero attached hydrogens (tertiary/aromatic N) is 4. The second-order valence-electron chi connectivity index (χ2n) is 7.09. The molecule has 2 aliphatic heterocycles. The second kappa shape index (κ2) is 7.87. The summed E-state index contributed by atoms with van der Waals surface area (Å²) in [6, 6.07) is 1.88. The lowest BCUT2D eigenvalue weighted by Crippen LogP contribution is -2.52. The van der Waals surface area contributed by atoms with E-state index in [4.69, 9.17) is 4.52 Å². The Balaban J connectivity index is 1.44. The third-order valence-corrected chi connectivity index (χ3v) is 5.12. The molecule has 0 radical (unpaired) electrons. The van der Waals surface area contributed by atoms with Gasteiger partial charge in [0.25, 0.3) is 0 Å². The number of piperidine rings is 1. The van der Waals surface area contributed by atoms with Crippen LogP contribution in [-0.4, -0.2) is 77.1 Å². The van der Waals surface area contributed by atoms with Gasteiger partial charge in [-0.1, -0.05) is 5.16 Å². The molecular formula is C17H23F3N4O3. The Bertz CT molecular complexity index is 675. The van der Waals surface area contributed by atoms with E-state index in [1.807, 2.05) is 13.0 Å². The zero-order valence-electron chi connectivity index (χ0n) is 15.2. The molecule has 150 valence electrons. The van der Waals surface area contributed by atoms with Crippen molar-refractivity contribution in [1.29, 1.82) is 0 Å². The van der Waals surface area contributed by atoms with Gasteiger partial charge >= 0.3 is 12.1 Å². The molecule has 0 aromatic carbocycles. The minimum absolute atomic E-state index is 0.0222. The van der Waals surface area contributed by atoms with Crippen LogP contribution in [0.2, 0.25) is 0 Å². The fourth-order valence-electron chi connectivity index (χ4n) is 3.61. The Morgan fingerprint density at radius 1 is 1.11 bits per heavy atom. The molecule has 0 aliphatic carbocycles. The van der Waals surface area contributed by atoms with E-state index in [-0.39, 0.29) is 37.8 Å². The van der Waals surface area contributed by atoms with Gasteiger partial charge in [-0.3, -0.25) is 14.5 Å². The van der Waals surface area contributed by atoms with Crippen molar-refractivity contribution in [2.24, 2.45) is 5.92 Å². The summed E-state index contributed by atoms with van der Waals surface area (Å²) in [5.74, 6) is -1.39. The van der Waals surface area contributed by atoms with Crippen LogP contribution in [0.4, 0.5) is 13.2 Å². The Labute approximate surface area is 155 Å². The fourth-order valence-corrected chi connectivity index (χ4v) is 3.61. The number of hydrogen-bond acceptors (Lipinski definition) is 5. The van der Waals surface area contributed by atoms with Crippen molar-refractivity contribution < 1.29 is 27.3 Å². The van der Waals surface area contributed by atoms with Crippen LogP contribution in [0.15, 0.2) is 10.6 Å². The van der Waals surface area contributed by atoms with Gasteiger partial charge in [-0.15, -0.1) is 0 Å². The molecule has 1 aromatic heterocycles. The highest BCUT2D eigenvalue weighted by atomic mass is 19.4. The maximum absolute atomic E-state index is 12.6. The summed E-state index contributed by atoms with van der Waals surface area (Å²) in [7, 11) is 0. The normalized spacial score (nSPS) is 20.1. The highest BCUT2D eigenvalue weighted by Gasteiger charge is 2.44. The molecule has 10 heteroatoms. The number of aryl methyl sites for hydroxylation is 1. The molecule has 2 fully saturated rings. The van der Waals surface area contributed by atoms with Gasteiger partial charge in [-0.25, -0.2) is 0 Å². The average Bonchev–Trinajstić information content (AvgIpc) is 3.05. The maximum Gasteiger partial charge on any atom is 0.471 e. The van der Waals surface area contributed by atoms with E-state index in [9.17, 15) is 22.8 Å². The topological polar surface area (TPSA) is 69.9 Å². The average molecular weight is 388 g/mol. The lowest BCUT2D eigenvalue weighted by atomic mass is 9.95. The van der Waals surface area contributed by atoms with Gasteiger partial charge in [0, 0.05) is 57.8 Å². The Morgan fingerprint density at radius 3 is 2.26 bits per heavy atom. The number of aromatic nitrogens is 1. The fraction of sp³-hybridized carbons (Fsp3) is 0.706. The molecule has 0 N–H and O–H groups in total. The zero-order valence-corrected chi connectivity index (χ0v) is 15.2. The molecule has 2 aliphatic rings. The number of halogens is 3. The molecule has 0 saturated carbocycles. The highest BCUT2D eigenvalue weighted by Crippen LogP contribution is 2.25. The van der Waals surface area contributed by atoms with E-state index in [0.717, 1.165) is 16.4 Å². The van der Waals surface area contributed by atoms with Crippen molar-refractivity contribution in [1.82, 2.24) is 19.9 Å². The number of carbonyl (C=O) groups is 2. The summed E-state index contributed by atoms with van der Waals surface area (Å²) in [6.45, 7) is 5.03. The molecule has 2 saturated heterocycles. The lowest BCUT2D eigenvalue weighted by Gasteiger charge is -2.38. The molecule has 3 rings (SSSR count). The molecule has 1 aromatic rings. The first-order chi connectivity index (χ1) is 12.7. The van der Waals surface area contributed by atoms with Crippen molar-refractivity contribution >= 4 is 11.8 Å². The summed E-state index contributed by atoms with van der Waals surface area (Å²) < 4.78 is 42.5. The van der Waals surface area contributed by atoms with Crippen LogP contribution in [0.5, 0.6) is 0 Å². The van der Waals surface area contributed by atoms with Crippen LogP contribution in [0.1, 0.15) is 24.3 Å². The number of piperazine rings is 1. The van der Waals surface area contributed by atoms with E-state index >= 15 is 0 Å². The number of carbonyl (C=O) groups excluding carboxylic acids is 2. The van der Waals surface area contributed by atoms with Gasteiger partial charge in [-0.05, 0) is 19.8 Å². The van der Waals surface area contributed by atoms with Crippen LogP contribution in [0.25, 0.3) is 0 Å². The van der Waals surface area contributed by atoms with Crippen LogP contribution >= 0.6 is 0 Å². The summed E-state index contributed by atoms with van der Waals surface area (Å²) in [4.78, 5) is 28.7. The number of hydrogen-bond donors (Lipinski definition) is 0. The minimum Gasteiger partial charge on any atom is -0.361 e. The molecule has 0 bridgehead atoms. The first-order valence-electron chi connectivity index (χ1n) is 9.03. The van der Waals surface area contributed by atoms with Crippen LogP contribution in [0, 0.1) is 12.8 Å². The molecule has 3 heterocycles. The van der Waals surface area contributed by atoms with Gasteiger partial charge in [0.1, 0.15) is 5.76 Å². The van der Waals surface area contributed by atoms with Gasteiger partial charge in [0.2, 0.25) is 5.91 Å². The van der Waals surface area contributed by atoms with E-state index in [1.54, 1.807) is 4.90 Å². The lowest BCUT2D eigenvalue weighted by molar-refractivity contribution is -0.187. The largest absolute Gasteiger partial charge is 0.471 e. The molecule has 0 spiro atoms. The standard InChI is InChI=1S/C17H23F3N4O3/c1-12-10-14(21-27-12)11-22-6-8-23(9-7-22)15(25)13-2-4-24(5-3-13)16(26)17(18,19)20/h10,13H,2-9,11H2,1H3. The minimum atomic E-state index is -4.85. The van der Waals surface area contributed by atoms with Crippen molar-refractivity contribution in [2.75, 3.05) is 39.3 Å². The summed E-state index contributed by atoms with van der Waals surface area (Å²) in [6.07, 6.45) is -4.30. The summed E-state index contributed by atoms with van der Waals surface area (Å²) >= 11 is 0. The second-order valence-corrected chi connectivity index (χ2v) is 7.09. The number of likely N-dealkylation sites (tertiary alicyclic amines) is 1. The van der Waals surface area contributed by atoms with Crippen LogP contribution in [-0.2, 0) is 16.1 Å². The molecule has 2 amide bonds. The van der Waals surface area contributed by atoms with Crippen molar-refractivity contribution in [3.63, 3.8) is 0 Å². The van der Waals surface area contributed by atoms with Gasteiger partial charge in [0.05, 0.1) is 5.69 Å². The van der Waals surface area contributed by atoms with E-state index in [2.05, 4.69) is 10.1 Å². The van der Waals surface area contributed by atoms with Crippen LogP contribution in [0.3, 0.4) is 0 Å². The molecule has 0 unspecified atom stereocenters. The Hall–Kier alpha value is -2.10. The predicted octanol–water partition coefficient (Wildman–Crippen LogP) is 1.43. The molecule has 0 atom stereocenters. The van der Waals surface area contributed by atoms with Crippen LogP contribution < -0.4 is 0 Å². The zero-order chi connectivity index (χ0) is 19.6. The van der Waals surface area contributed by atoms with Gasteiger partial charge in [0.15, 0.2) is 0 Å². The number of rotatable bonds is 3. The monoisotopic (exact) mass is 388 g/mol. The third kappa shape index (κ3) is 4.79. The predicted molar refractivity (Wildman–Crippen MR) is 88.5 cm³/mol. The summed E-state index contributed by atoms with van der Waals surface area (Å²) in [5.41, 5.74) is 0.856. The Morgan fingerprint density at radius 2 is 1.74 bits per heavy atom. The SMILES string of the molecule is Cc1cc(CN2CCN(C(=O)C3CCN(C(=O)C(F)(F)F)CC3)CC2)no1. The maximum atomic E-state index is 12.6. The summed E-state index contributed by atoms with van der Waals surface area (Å²) in [5, 5.41) is 3.97. The molecule has 7 nitrogen and oxygen atoms in total. The molecule has 27 heavy (non-hydrogen) atoms. The first kappa shape index (κ1) is 19.7. The Kier molecular flexibility index (Phi) is 5.73.